The molecule has 0 saturated heterocycles. The van der Waals surface area contributed by atoms with Gasteiger partial charge in [0.25, 0.3) is 0 Å². The second kappa shape index (κ2) is 5.71. The standard InChI is InChI=1S/C13H13BrClNO/c1-9-2-5-12(17-9)8-16-7-10-3-4-11(15)6-13(10)14/h2-6,16H,7-8H2,1H3. The summed E-state index contributed by atoms with van der Waals surface area (Å²) in [5, 5.41) is 4.06. The lowest BCUT2D eigenvalue weighted by Crippen LogP contribution is -2.12. The molecule has 0 unspecified atom stereocenters. The highest BCUT2D eigenvalue weighted by molar-refractivity contribution is 9.10. The van der Waals surface area contributed by atoms with Crippen LogP contribution in [-0.2, 0) is 13.1 Å². The topological polar surface area (TPSA) is 25.2 Å². The van der Waals surface area contributed by atoms with Crippen molar-refractivity contribution in [3.05, 3.63) is 56.9 Å². The van der Waals surface area contributed by atoms with Gasteiger partial charge in [-0.05, 0) is 36.8 Å². The predicted molar refractivity (Wildman–Crippen MR) is 73.1 cm³/mol. The van der Waals surface area contributed by atoms with Crippen LogP contribution in [0.15, 0.2) is 39.2 Å². The predicted octanol–water partition coefficient (Wildman–Crippen LogP) is 4.29. The van der Waals surface area contributed by atoms with E-state index in [0.717, 1.165) is 34.1 Å². The molecule has 1 heterocycles. The van der Waals surface area contributed by atoms with Crippen LogP contribution in [0.1, 0.15) is 17.1 Å². The van der Waals surface area contributed by atoms with Gasteiger partial charge in [-0.25, -0.2) is 0 Å². The van der Waals surface area contributed by atoms with Crippen LogP contribution in [0.3, 0.4) is 0 Å². The highest BCUT2D eigenvalue weighted by atomic mass is 79.9. The van der Waals surface area contributed by atoms with Crippen LogP contribution in [0.4, 0.5) is 0 Å². The number of furan rings is 1. The zero-order valence-electron chi connectivity index (χ0n) is 9.47. The molecule has 1 N–H and O–H groups in total. The maximum absolute atomic E-state index is 5.88. The van der Waals surface area contributed by atoms with E-state index in [-0.39, 0.29) is 0 Å². The second-order valence-electron chi connectivity index (χ2n) is 3.85. The van der Waals surface area contributed by atoms with E-state index in [0.29, 0.717) is 0 Å². The Kier molecular flexibility index (Phi) is 4.26. The lowest BCUT2D eigenvalue weighted by atomic mass is 10.2. The normalized spacial score (nSPS) is 10.8. The average molecular weight is 315 g/mol. The number of aryl methyl sites for hydroxylation is 1. The number of hydrogen-bond acceptors (Lipinski definition) is 2. The first kappa shape index (κ1) is 12.7. The zero-order valence-corrected chi connectivity index (χ0v) is 11.8. The first-order valence-corrected chi connectivity index (χ1v) is 6.52. The summed E-state index contributed by atoms with van der Waals surface area (Å²) in [6.07, 6.45) is 0. The molecule has 17 heavy (non-hydrogen) atoms. The molecule has 2 rings (SSSR count). The highest BCUT2D eigenvalue weighted by Gasteiger charge is 2.02. The molecule has 0 bridgehead atoms. The third-order valence-electron chi connectivity index (χ3n) is 2.43. The summed E-state index contributed by atoms with van der Waals surface area (Å²) in [4.78, 5) is 0. The molecule has 0 radical (unpaired) electrons. The molecule has 0 atom stereocenters. The van der Waals surface area contributed by atoms with Gasteiger partial charge in [0.2, 0.25) is 0 Å². The fourth-order valence-electron chi connectivity index (χ4n) is 1.57. The van der Waals surface area contributed by atoms with Crippen LogP contribution in [0.25, 0.3) is 0 Å². The maximum Gasteiger partial charge on any atom is 0.117 e. The second-order valence-corrected chi connectivity index (χ2v) is 5.14. The molecular weight excluding hydrogens is 302 g/mol. The van der Waals surface area contributed by atoms with Crippen molar-refractivity contribution in [2.75, 3.05) is 0 Å². The van der Waals surface area contributed by atoms with Gasteiger partial charge in [0.05, 0.1) is 6.54 Å². The molecule has 0 spiro atoms. The van der Waals surface area contributed by atoms with Crippen molar-refractivity contribution in [1.29, 1.82) is 0 Å². The fraction of sp³-hybridized carbons (Fsp3) is 0.231. The molecule has 4 heteroatoms. The molecule has 0 amide bonds. The van der Waals surface area contributed by atoms with Gasteiger partial charge in [-0.15, -0.1) is 0 Å². The quantitative estimate of drug-likeness (QED) is 0.910. The number of benzene rings is 1. The Balaban J connectivity index is 1.90. The first-order valence-electron chi connectivity index (χ1n) is 5.35. The summed E-state index contributed by atoms with van der Waals surface area (Å²) in [5.41, 5.74) is 1.18. The summed E-state index contributed by atoms with van der Waals surface area (Å²) in [7, 11) is 0. The van der Waals surface area contributed by atoms with Crippen molar-refractivity contribution in [2.45, 2.75) is 20.0 Å². The molecule has 2 aromatic rings. The minimum absolute atomic E-state index is 0.725. The Morgan fingerprint density at radius 2 is 2.06 bits per heavy atom. The van der Waals surface area contributed by atoms with Gasteiger partial charge in [-0.2, -0.15) is 0 Å². The van der Waals surface area contributed by atoms with Crippen molar-refractivity contribution in [3.63, 3.8) is 0 Å². The van der Waals surface area contributed by atoms with Crippen molar-refractivity contribution in [2.24, 2.45) is 0 Å². The van der Waals surface area contributed by atoms with E-state index in [1.807, 2.05) is 37.3 Å². The number of nitrogens with one attached hydrogen (secondary N) is 1. The van der Waals surface area contributed by atoms with Gasteiger partial charge in [0.1, 0.15) is 11.5 Å². The molecule has 0 aliphatic carbocycles. The molecule has 0 aliphatic heterocycles. The molecule has 0 fully saturated rings. The van der Waals surface area contributed by atoms with Crippen molar-refractivity contribution in [3.8, 4) is 0 Å². The molecule has 0 saturated carbocycles. The van der Waals surface area contributed by atoms with Gasteiger partial charge >= 0.3 is 0 Å². The number of rotatable bonds is 4. The molecule has 0 aliphatic rings. The largest absolute Gasteiger partial charge is 0.465 e. The van der Waals surface area contributed by atoms with E-state index in [2.05, 4.69) is 21.2 Å². The van der Waals surface area contributed by atoms with Gasteiger partial charge in [-0.3, -0.25) is 0 Å². The lowest BCUT2D eigenvalue weighted by Gasteiger charge is -2.06. The maximum atomic E-state index is 5.88. The van der Waals surface area contributed by atoms with Crippen LogP contribution < -0.4 is 5.32 Å². The Labute approximate surface area is 114 Å². The Morgan fingerprint density at radius 3 is 2.71 bits per heavy atom. The monoisotopic (exact) mass is 313 g/mol. The summed E-state index contributed by atoms with van der Waals surface area (Å²) >= 11 is 9.37. The summed E-state index contributed by atoms with van der Waals surface area (Å²) < 4.78 is 6.50. The third-order valence-corrected chi connectivity index (χ3v) is 3.40. The van der Waals surface area contributed by atoms with Crippen molar-refractivity contribution < 1.29 is 4.42 Å². The summed E-state index contributed by atoms with van der Waals surface area (Å²) in [6.45, 7) is 3.44. The summed E-state index contributed by atoms with van der Waals surface area (Å²) in [5.74, 6) is 1.89. The smallest absolute Gasteiger partial charge is 0.117 e. The van der Waals surface area contributed by atoms with Crippen LogP contribution in [0, 0.1) is 6.92 Å². The number of halogens is 2. The van der Waals surface area contributed by atoms with E-state index in [9.17, 15) is 0 Å². The average Bonchev–Trinajstić information content (AvgIpc) is 2.68. The molecular formula is C13H13BrClNO. The molecule has 1 aromatic carbocycles. The molecule has 90 valence electrons. The fourth-order valence-corrected chi connectivity index (χ4v) is 2.39. The van der Waals surface area contributed by atoms with Crippen LogP contribution in [0.2, 0.25) is 5.02 Å². The number of hydrogen-bond donors (Lipinski definition) is 1. The minimum atomic E-state index is 0.725. The van der Waals surface area contributed by atoms with E-state index in [1.54, 1.807) is 0 Å². The Hall–Kier alpha value is -0.770. The Morgan fingerprint density at radius 1 is 1.24 bits per heavy atom. The minimum Gasteiger partial charge on any atom is -0.465 e. The van der Waals surface area contributed by atoms with Crippen LogP contribution >= 0.6 is 27.5 Å². The zero-order chi connectivity index (χ0) is 12.3. The SMILES string of the molecule is Cc1ccc(CNCc2ccc(Cl)cc2Br)o1. The summed E-state index contributed by atoms with van der Waals surface area (Å²) in [6, 6.07) is 9.75. The van der Waals surface area contributed by atoms with Gasteiger partial charge in [0.15, 0.2) is 0 Å². The third kappa shape index (κ3) is 3.60. The molecule has 1 aromatic heterocycles. The van der Waals surface area contributed by atoms with Crippen LogP contribution in [-0.4, -0.2) is 0 Å². The van der Waals surface area contributed by atoms with Gasteiger partial charge < -0.3 is 9.73 Å². The molecule has 2 nitrogen and oxygen atoms in total. The van der Waals surface area contributed by atoms with Crippen molar-refractivity contribution in [1.82, 2.24) is 5.32 Å². The lowest BCUT2D eigenvalue weighted by molar-refractivity contribution is 0.461. The first-order chi connectivity index (χ1) is 8.15. The Bertz CT molecular complexity index is 510. The van der Waals surface area contributed by atoms with Crippen LogP contribution in [0.5, 0.6) is 0 Å². The van der Waals surface area contributed by atoms with E-state index in [1.165, 1.54) is 5.56 Å². The van der Waals surface area contributed by atoms with Gasteiger partial charge in [-0.1, -0.05) is 33.6 Å². The van der Waals surface area contributed by atoms with Crippen molar-refractivity contribution >= 4 is 27.5 Å². The van der Waals surface area contributed by atoms with E-state index >= 15 is 0 Å². The van der Waals surface area contributed by atoms with E-state index < -0.39 is 0 Å². The van der Waals surface area contributed by atoms with Gasteiger partial charge in [0, 0.05) is 16.0 Å². The van der Waals surface area contributed by atoms with E-state index in [4.69, 9.17) is 16.0 Å². The highest BCUT2D eigenvalue weighted by Crippen LogP contribution is 2.21.